The second-order valence-electron chi connectivity index (χ2n) is 5.82. The molecule has 0 amide bonds. The summed E-state index contributed by atoms with van der Waals surface area (Å²) in [5.74, 6) is 0.370. The highest BCUT2D eigenvalue weighted by Gasteiger charge is 2.32. The van der Waals surface area contributed by atoms with Gasteiger partial charge >= 0.3 is 0 Å². The third-order valence-electron chi connectivity index (χ3n) is 4.56. The van der Waals surface area contributed by atoms with Gasteiger partial charge in [-0.25, -0.2) is 4.39 Å². The molecule has 132 valence electrons. The summed E-state index contributed by atoms with van der Waals surface area (Å²) in [6.07, 6.45) is 2.11. The fourth-order valence-electron chi connectivity index (χ4n) is 3.49. The first-order valence-electron chi connectivity index (χ1n) is 7.74. The lowest BCUT2D eigenvalue weighted by molar-refractivity contribution is 0.0210. The molecule has 2 heterocycles. The molecule has 2 saturated heterocycles. The van der Waals surface area contributed by atoms with Crippen molar-refractivity contribution in [2.75, 3.05) is 39.4 Å². The minimum Gasteiger partial charge on any atom is -0.381 e. The van der Waals surface area contributed by atoms with E-state index in [9.17, 15) is 4.39 Å². The van der Waals surface area contributed by atoms with Crippen LogP contribution in [0, 0.1) is 11.7 Å². The van der Waals surface area contributed by atoms with Gasteiger partial charge in [0, 0.05) is 45.4 Å². The van der Waals surface area contributed by atoms with E-state index in [4.69, 9.17) is 4.74 Å². The highest BCUT2D eigenvalue weighted by atomic mass is 79.9. The van der Waals surface area contributed by atoms with Crippen LogP contribution in [0.5, 0.6) is 0 Å². The highest BCUT2D eigenvalue weighted by Crippen LogP contribution is 2.39. The highest BCUT2D eigenvalue weighted by molar-refractivity contribution is 9.10. The van der Waals surface area contributed by atoms with Crippen LogP contribution in [-0.4, -0.2) is 44.3 Å². The summed E-state index contributed by atoms with van der Waals surface area (Å²) in [5, 5.41) is 3.40. The van der Waals surface area contributed by atoms with Gasteiger partial charge in [-0.2, -0.15) is 0 Å². The molecule has 3 rings (SSSR count). The summed E-state index contributed by atoms with van der Waals surface area (Å²) >= 11 is 3.47. The van der Waals surface area contributed by atoms with Crippen molar-refractivity contribution < 1.29 is 9.13 Å². The summed E-state index contributed by atoms with van der Waals surface area (Å²) in [6, 6.07) is 5.69. The topological polar surface area (TPSA) is 24.5 Å². The Bertz CT molecular complexity index is 465. The molecule has 2 aliphatic rings. The average Bonchev–Trinajstić information content (AvgIpc) is 2.54. The molecule has 0 saturated carbocycles. The average molecular weight is 430 g/mol. The fourth-order valence-corrected chi connectivity index (χ4v) is 3.99. The third-order valence-corrected chi connectivity index (χ3v) is 5.39. The van der Waals surface area contributed by atoms with E-state index in [1.165, 1.54) is 6.07 Å². The molecule has 0 aliphatic carbocycles. The van der Waals surface area contributed by atoms with Crippen molar-refractivity contribution in [1.82, 2.24) is 10.2 Å². The molecule has 2 aliphatic heterocycles. The number of nitrogens with zero attached hydrogens (tertiary/aromatic N) is 1. The van der Waals surface area contributed by atoms with E-state index >= 15 is 0 Å². The minimum absolute atomic E-state index is 0. The molecule has 1 aromatic carbocycles. The number of piperazine rings is 1. The zero-order valence-corrected chi connectivity index (χ0v) is 16.2. The lowest BCUT2D eigenvalue weighted by Crippen LogP contribution is -2.47. The van der Waals surface area contributed by atoms with E-state index in [0.29, 0.717) is 10.4 Å². The van der Waals surface area contributed by atoms with Crippen LogP contribution in [0.3, 0.4) is 0 Å². The molecule has 0 radical (unpaired) electrons. The van der Waals surface area contributed by atoms with Gasteiger partial charge in [-0.05, 0) is 46.3 Å². The fraction of sp³-hybridized carbons (Fsp3) is 0.625. The Morgan fingerprint density at radius 3 is 2.48 bits per heavy atom. The van der Waals surface area contributed by atoms with E-state index in [1.54, 1.807) is 0 Å². The number of hydrogen-bond donors (Lipinski definition) is 1. The SMILES string of the molecule is Cl.Cl.Fc1cccc([C@H](C2CCOCC2)N2CCNCC2)c1Br. The predicted molar refractivity (Wildman–Crippen MR) is 99.3 cm³/mol. The van der Waals surface area contributed by atoms with Gasteiger partial charge in [0.05, 0.1) is 4.47 Å². The smallest absolute Gasteiger partial charge is 0.137 e. The Kier molecular flexibility index (Phi) is 9.34. The zero-order valence-electron chi connectivity index (χ0n) is 13.0. The van der Waals surface area contributed by atoms with E-state index in [1.807, 2.05) is 6.07 Å². The van der Waals surface area contributed by atoms with Crippen molar-refractivity contribution in [1.29, 1.82) is 0 Å². The summed E-state index contributed by atoms with van der Waals surface area (Å²) < 4.78 is 20.1. The second-order valence-corrected chi connectivity index (χ2v) is 6.62. The van der Waals surface area contributed by atoms with Crippen LogP contribution in [0.2, 0.25) is 0 Å². The van der Waals surface area contributed by atoms with Crippen LogP contribution in [-0.2, 0) is 4.74 Å². The largest absolute Gasteiger partial charge is 0.381 e. The monoisotopic (exact) mass is 428 g/mol. The standard InChI is InChI=1S/C16H22BrFN2O.2ClH/c17-15-13(2-1-3-14(15)18)16(12-4-10-21-11-5-12)20-8-6-19-7-9-20;;/h1-3,12,16,19H,4-11H2;2*1H/t16-;;/m0../s1. The summed E-state index contributed by atoms with van der Waals surface area (Å²) in [4.78, 5) is 2.51. The van der Waals surface area contributed by atoms with Crippen molar-refractivity contribution in [3.8, 4) is 0 Å². The summed E-state index contributed by atoms with van der Waals surface area (Å²) in [5.41, 5.74) is 1.09. The van der Waals surface area contributed by atoms with Crippen LogP contribution < -0.4 is 5.32 Å². The number of hydrogen-bond acceptors (Lipinski definition) is 3. The van der Waals surface area contributed by atoms with E-state index < -0.39 is 0 Å². The van der Waals surface area contributed by atoms with E-state index in [2.05, 4.69) is 32.2 Å². The van der Waals surface area contributed by atoms with Crippen LogP contribution in [0.4, 0.5) is 4.39 Å². The number of halogens is 4. The Hall–Kier alpha value is 0.0900. The Morgan fingerprint density at radius 1 is 1.17 bits per heavy atom. The maximum atomic E-state index is 14.0. The van der Waals surface area contributed by atoms with Gasteiger partial charge in [-0.15, -0.1) is 24.8 Å². The van der Waals surface area contributed by atoms with Crippen LogP contribution in [0.1, 0.15) is 24.4 Å². The molecule has 0 unspecified atom stereocenters. The minimum atomic E-state index is -0.167. The van der Waals surface area contributed by atoms with Crippen molar-refractivity contribution in [3.05, 3.63) is 34.1 Å². The van der Waals surface area contributed by atoms with E-state index in [0.717, 1.165) is 57.8 Å². The molecule has 1 aromatic rings. The number of rotatable bonds is 3. The van der Waals surface area contributed by atoms with Crippen LogP contribution >= 0.6 is 40.7 Å². The first-order chi connectivity index (χ1) is 10.3. The summed E-state index contributed by atoms with van der Waals surface area (Å²) in [7, 11) is 0. The lowest BCUT2D eigenvalue weighted by atomic mass is 9.85. The molecule has 2 fully saturated rings. The van der Waals surface area contributed by atoms with Gasteiger partial charge in [-0.3, -0.25) is 4.90 Å². The number of benzene rings is 1. The maximum Gasteiger partial charge on any atom is 0.137 e. The molecular weight excluding hydrogens is 406 g/mol. The molecule has 3 nitrogen and oxygen atoms in total. The zero-order chi connectivity index (χ0) is 14.7. The van der Waals surface area contributed by atoms with Gasteiger partial charge in [-0.1, -0.05) is 12.1 Å². The van der Waals surface area contributed by atoms with Crippen LogP contribution in [0.25, 0.3) is 0 Å². The molecular formula is C16H24BrCl2FN2O. The van der Waals surface area contributed by atoms with Crippen molar-refractivity contribution in [3.63, 3.8) is 0 Å². The molecule has 7 heteroatoms. The Balaban J connectivity index is 0.00000132. The first kappa shape index (κ1) is 21.1. The van der Waals surface area contributed by atoms with Gasteiger partial charge in [0.25, 0.3) is 0 Å². The third kappa shape index (κ3) is 5.03. The number of nitrogens with one attached hydrogen (secondary N) is 1. The molecule has 0 bridgehead atoms. The van der Waals surface area contributed by atoms with Crippen molar-refractivity contribution in [2.24, 2.45) is 5.92 Å². The lowest BCUT2D eigenvalue weighted by Gasteiger charge is -2.41. The van der Waals surface area contributed by atoms with Crippen molar-refractivity contribution >= 4 is 40.7 Å². The van der Waals surface area contributed by atoms with Crippen molar-refractivity contribution in [2.45, 2.75) is 18.9 Å². The molecule has 1 N–H and O–H groups in total. The number of ether oxygens (including phenoxy) is 1. The predicted octanol–water partition coefficient (Wildman–Crippen LogP) is 3.80. The van der Waals surface area contributed by atoms with Gasteiger partial charge < -0.3 is 10.1 Å². The molecule has 0 aromatic heterocycles. The molecule has 23 heavy (non-hydrogen) atoms. The normalized spacial score (nSPS) is 21.1. The van der Waals surface area contributed by atoms with Crippen LogP contribution in [0.15, 0.2) is 22.7 Å². The molecule has 0 spiro atoms. The van der Waals surface area contributed by atoms with Gasteiger partial charge in [0.15, 0.2) is 0 Å². The summed E-state index contributed by atoms with van der Waals surface area (Å²) in [6.45, 7) is 5.69. The van der Waals surface area contributed by atoms with E-state index in [-0.39, 0.29) is 36.7 Å². The Morgan fingerprint density at radius 2 is 1.83 bits per heavy atom. The first-order valence-corrected chi connectivity index (χ1v) is 8.53. The maximum absolute atomic E-state index is 14.0. The second kappa shape index (κ2) is 10.2. The molecule has 1 atom stereocenters. The Labute approximate surface area is 158 Å². The van der Waals surface area contributed by atoms with Gasteiger partial charge in [0.1, 0.15) is 5.82 Å². The quantitative estimate of drug-likeness (QED) is 0.790. The van der Waals surface area contributed by atoms with Gasteiger partial charge in [0.2, 0.25) is 0 Å².